The summed E-state index contributed by atoms with van der Waals surface area (Å²) in [5.74, 6) is -1.49. The van der Waals surface area contributed by atoms with Gasteiger partial charge in [0, 0.05) is 28.1 Å². The molecule has 18 heteroatoms. The summed E-state index contributed by atoms with van der Waals surface area (Å²) < 4.78 is 91.0. The number of carbonyl (C=O) groups is 2. The number of nitrogens with zero attached hydrogens (tertiary/aromatic N) is 6. The lowest BCUT2D eigenvalue weighted by Crippen LogP contribution is -2.09. The fraction of sp³-hybridized carbons (Fsp3) is 0.176. The highest BCUT2D eigenvalue weighted by Gasteiger charge is 2.36. The van der Waals surface area contributed by atoms with Crippen LogP contribution in [0.15, 0.2) is 74.1 Å². The first kappa shape index (κ1) is 35.8. The Labute approximate surface area is 294 Å². The molecule has 0 aliphatic carbocycles. The van der Waals surface area contributed by atoms with Gasteiger partial charge in [-0.05, 0) is 55.0 Å². The van der Waals surface area contributed by atoms with Crippen LogP contribution in [0.2, 0.25) is 0 Å². The maximum atomic E-state index is 14.1. The van der Waals surface area contributed by atoms with Gasteiger partial charge in [-0.15, -0.1) is 11.3 Å². The maximum absolute atomic E-state index is 14.1. The normalized spacial score (nSPS) is 11.9. The summed E-state index contributed by atoms with van der Waals surface area (Å²) in [6.45, 7) is 8.42. The molecule has 6 rings (SSSR count). The first-order valence-corrected chi connectivity index (χ1v) is 15.9. The summed E-state index contributed by atoms with van der Waals surface area (Å²) in [7, 11) is 1.09. The number of ether oxygens (including phenoxy) is 1. The number of hydrogen-bond donors (Lipinski definition) is 2. The number of thiophene rings is 1. The second kappa shape index (κ2) is 13.6. The number of nitrogens with one attached hydrogen (secondary N) is 2. The quantitative estimate of drug-likeness (QED) is 0.110. The van der Waals surface area contributed by atoms with Crippen LogP contribution in [0.5, 0.6) is 5.75 Å². The number of alkyl halides is 6. The van der Waals surface area contributed by atoms with E-state index in [9.17, 15) is 35.9 Å². The average Bonchev–Trinajstić information content (AvgIpc) is 3.77. The molecule has 6 aromatic rings. The zero-order chi connectivity index (χ0) is 37.5. The number of halogens is 6. The van der Waals surface area contributed by atoms with E-state index < -0.39 is 40.4 Å². The van der Waals surface area contributed by atoms with Crippen LogP contribution in [-0.2, 0) is 34.9 Å². The van der Waals surface area contributed by atoms with Crippen LogP contribution in [0.1, 0.15) is 32.3 Å². The molecule has 0 radical (unpaired) electrons. The van der Waals surface area contributed by atoms with Crippen LogP contribution >= 0.6 is 11.3 Å². The van der Waals surface area contributed by atoms with Gasteiger partial charge < -0.3 is 15.4 Å². The molecular formula is C34H26F6N8O3S. The van der Waals surface area contributed by atoms with Crippen molar-refractivity contribution in [3.05, 3.63) is 106 Å². The van der Waals surface area contributed by atoms with E-state index >= 15 is 0 Å². The van der Waals surface area contributed by atoms with Gasteiger partial charge in [0.15, 0.2) is 11.3 Å². The van der Waals surface area contributed by atoms with Crippen molar-refractivity contribution < 1.29 is 40.7 Å². The Balaban J connectivity index is 1.46. The Morgan fingerprint density at radius 1 is 0.885 bits per heavy atom. The fourth-order valence-electron chi connectivity index (χ4n) is 5.47. The van der Waals surface area contributed by atoms with Crippen molar-refractivity contribution in [3.63, 3.8) is 0 Å². The third kappa shape index (κ3) is 7.09. The minimum Gasteiger partial charge on any atom is -0.496 e. The number of amides is 2. The molecule has 52 heavy (non-hydrogen) atoms. The molecule has 0 bridgehead atoms. The number of aryl methyl sites for hydroxylation is 1. The summed E-state index contributed by atoms with van der Waals surface area (Å²) in [5.41, 5.74) is 1.19. The number of anilines is 2. The number of methoxy groups -OCH3 is 1. The lowest BCUT2D eigenvalue weighted by Gasteiger charge is -2.13. The van der Waals surface area contributed by atoms with Crippen LogP contribution < -0.4 is 15.4 Å². The molecule has 5 heterocycles. The highest BCUT2D eigenvalue weighted by atomic mass is 32.1. The number of fused-ring (bicyclic) bond motifs is 2. The first-order valence-electron chi connectivity index (χ1n) is 15.1. The van der Waals surface area contributed by atoms with Gasteiger partial charge in [0.1, 0.15) is 10.6 Å². The summed E-state index contributed by atoms with van der Waals surface area (Å²) >= 11 is 0.522. The van der Waals surface area contributed by atoms with Gasteiger partial charge in [0.05, 0.1) is 60.1 Å². The predicted molar refractivity (Wildman–Crippen MR) is 182 cm³/mol. The summed E-state index contributed by atoms with van der Waals surface area (Å²) in [6.07, 6.45) is -4.74. The van der Waals surface area contributed by atoms with Crippen LogP contribution in [0.4, 0.5) is 37.7 Å². The van der Waals surface area contributed by atoms with Gasteiger partial charge in [-0.1, -0.05) is 13.2 Å². The van der Waals surface area contributed by atoms with E-state index in [1.807, 2.05) is 0 Å². The Morgan fingerprint density at radius 3 is 2.12 bits per heavy atom. The summed E-state index contributed by atoms with van der Waals surface area (Å²) in [5, 5.41) is 15.2. The molecule has 5 aromatic heterocycles. The molecule has 2 amide bonds. The Bertz CT molecular complexity index is 2390. The number of aromatic nitrogens is 6. The predicted octanol–water partition coefficient (Wildman–Crippen LogP) is 7.47. The fourth-order valence-corrected chi connectivity index (χ4v) is 6.50. The molecule has 0 unspecified atom stereocenters. The van der Waals surface area contributed by atoms with Crippen molar-refractivity contribution in [1.29, 1.82) is 0 Å². The standard InChI is InChI=1S/C34H26F6N8O3S/c1-5-29(49)43-19-11-22-17(3)45-47(31(22)41-14-19)16-27-18(10-28(52-27)34(38,39)40)9-25-23-12-20(44-30(50)6-2)15-42-32(23)48(46-25)21-7-8-24(33(35,36)37)26(13-21)51-4/h5-8,10-15H,1-2,9,16H2,3-4H3,(H,43,49)(H,44,50). The van der Waals surface area contributed by atoms with Gasteiger partial charge in [-0.25, -0.2) is 19.3 Å². The van der Waals surface area contributed by atoms with Crippen molar-refractivity contribution in [2.24, 2.45) is 0 Å². The van der Waals surface area contributed by atoms with Gasteiger partial charge in [-0.3, -0.25) is 9.59 Å². The largest absolute Gasteiger partial charge is 0.496 e. The maximum Gasteiger partial charge on any atom is 0.425 e. The van der Waals surface area contributed by atoms with E-state index in [0.717, 1.165) is 37.5 Å². The van der Waals surface area contributed by atoms with E-state index in [4.69, 9.17) is 4.74 Å². The lowest BCUT2D eigenvalue weighted by atomic mass is 10.1. The number of carbonyl (C=O) groups excluding carboxylic acids is 2. The van der Waals surface area contributed by atoms with Crippen LogP contribution in [0.25, 0.3) is 27.8 Å². The van der Waals surface area contributed by atoms with Crippen molar-refractivity contribution in [2.45, 2.75) is 32.2 Å². The van der Waals surface area contributed by atoms with Crippen LogP contribution in [0, 0.1) is 6.92 Å². The zero-order valence-electron chi connectivity index (χ0n) is 27.2. The monoisotopic (exact) mass is 740 g/mol. The molecule has 0 aliphatic rings. The van der Waals surface area contributed by atoms with E-state index in [1.165, 1.54) is 33.9 Å². The van der Waals surface area contributed by atoms with Gasteiger partial charge in [-0.2, -0.15) is 36.5 Å². The highest BCUT2D eigenvalue weighted by Crippen LogP contribution is 2.40. The van der Waals surface area contributed by atoms with Crippen LogP contribution in [0.3, 0.4) is 0 Å². The van der Waals surface area contributed by atoms with Gasteiger partial charge in [0.2, 0.25) is 11.8 Å². The van der Waals surface area contributed by atoms with Gasteiger partial charge in [0.25, 0.3) is 0 Å². The topological polar surface area (TPSA) is 129 Å². The Morgan fingerprint density at radius 2 is 1.52 bits per heavy atom. The molecule has 1 aromatic carbocycles. The number of rotatable bonds is 10. The number of pyridine rings is 2. The summed E-state index contributed by atoms with van der Waals surface area (Å²) in [4.78, 5) is 32.1. The molecule has 2 N–H and O–H groups in total. The van der Waals surface area contributed by atoms with E-state index in [0.29, 0.717) is 39.1 Å². The van der Waals surface area contributed by atoms with Gasteiger partial charge >= 0.3 is 12.4 Å². The molecule has 0 saturated carbocycles. The number of benzene rings is 1. The molecular weight excluding hydrogens is 714 g/mol. The molecule has 0 aliphatic heterocycles. The smallest absolute Gasteiger partial charge is 0.425 e. The third-order valence-corrected chi connectivity index (χ3v) is 9.05. The zero-order valence-corrected chi connectivity index (χ0v) is 28.0. The molecule has 268 valence electrons. The summed E-state index contributed by atoms with van der Waals surface area (Å²) in [6, 6.07) is 7.28. The van der Waals surface area contributed by atoms with Crippen molar-refractivity contribution >= 4 is 56.6 Å². The number of hydrogen-bond acceptors (Lipinski definition) is 8. The van der Waals surface area contributed by atoms with Crippen molar-refractivity contribution in [1.82, 2.24) is 29.5 Å². The van der Waals surface area contributed by atoms with Crippen molar-refractivity contribution in [3.8, 4) is 11.4 Å². The highest BCUT2D eigenvalue weighted by molar-refractivity contribution is 7.12. The third-order valence-electron chi connectivity index (χ3n) is 7.84. The van der Waals surface area contributed by atoms with Crippen LogP contribution in [-0.4, -0.2) is 48.5 Å². The Hall–Kier alpha value is -6.04. The minimum atomic E-state index is -4.71. The van der Waals surface area contributed by atoms with E-state index in [-0.39, 0.29) is 46.1 Å². The second-order valence-electron chi connectivity index (χ2n) is 11.3. The Kier molecular flexibility index (Phi) is 9.35. The lowest BCUT2D eigenvalue weighted by molar-refractivity contribution is -0.138. The molecule has 0 saturated heterocycles. The average molecular weight is 741 g/mol. The van der Waals surface area contributed by atoms with Crippen molar-refractivity contribution in [2.75, 3.05) is 17.7 Å². The first-order chi connectivity index (χ1) is 24.6. The SMILES string of the molecule is C=CC(=O)Nc1cnc2c(c1)c(C)nn2Cc1sc(C(F)(F)F)cc1Cc1nn(-c2ccc(C(F)(F)F)c(OC)c2)c2ncc(NC(=O)C=C)cc12. The second-order valence-corrected chi connectivity index (χ2v) is 12.4. The molecule has 0 atom stereocenters. The molecule has 0 spiro atoms. The molecule has 11 nitrogen and oxygen atoms in total. The molecule has 0 fully saturated rings. The van der Waals surface area contributed by atoms with E-state index in [1.54, 1.807) is 13.0 Å². The minimum absolute atomic E-state index is 0.112. The van der Waals surface area contributed by atoms with E-state index in [2.05, 4.69) is 44.0 Å².